The van der Waals surface area contributed by atoms with Crippen LogP contribution in [0.4, 0.5) is 0 Å². The van der Waals surface area contributed by atoms with Gasteiger partial charge in [-0.15, -0.1) is 10.2 Å². The van der Waals surface area contributed by atoms with E-state index in [1.54, 1.807) is 0 Å². The number of nitrogens with one attached hydrogen (secondary N) is 1. The average molecular weight is 279 g/mol. The molecule has 106 valence electrons. The third-order valence-electron chi connectivity index (χ3n) is 4.12. The molecule has 0 bridgehead atoms. The Morgan fingerprint density at radius 1 is 1.19 bits per heavy atom. The standard InChI is InChI=1S/C16H17N5/c1-10-7-11(2)21-15(19-20-16(21)18-10)14-9-17-8-12-5-3-4-6-13(12)14/h3-7,14,17H,8-9H2,1-2H3. The van der Waals surface area contributed by atoms with E-state index in [1.165, 1.54) is 11.1 Å². The van der Waals surface area contributed by atoms with Crippen LogP contribution in [0.1, 0.15) is 34.3 Å². The van der Waals surface area contributed by atoms with Crippen molar-refractivity contribution in [3.63, 3.8) is 0 Å². The van der Waals surface area contributed by atoms with Gasteiger partial charge >= 0.3 is 0 Å². The van der Waals surface area contributed by atoms with E-state index < -0.39 is 0 Å². The van der Waals surface area contributed by atoms with Crippen LogP contribution in [-0.2, 0) is 6.54 Å². The molecule has 0 saturated carbocycles. The highest BCUT2D eigenvalue weighted by atomic mass is 15.3. The predicted octanol–water partition coefficient (Wildman–Crippen LogP) is 1.98. The van der Waals surface area contributed by atoms with Crippen LogP contribution in [-0.4, -0.2) is 26.1 Å². The number of aromatic nitrogens is 4. The Morgan fingerprint density at radius 3 is 2.95 bits per heavy atom. The molecule has 2 aromatic heterocycles. The summed E-state index contributed by atoms with van der Waals surface area (Å²) >= 11 is 0. The van der Waals surface area contributed by atoms with Crippen molar-refractivity contribution in [2.24, 2.45) is 0 Å². The minimum absolute atomic E-state index is 0.216. The normalized spacial score (nSPS) is 17.9. The fourth-order valence-electron chi connectivity index (χ4n) is 3.21. The second-order valence-electron chi connectivity index (χ2n) is 5.61. The molecule has 5 nitrogen and oxygen atoms in total. The summed E-state index contributed by atoms with van der Waals surface area (Å²) in [7, 11) is 0. The van der Waals surface area contributed by atoms with Gasteiger partial charge in [0, 0.05) is 24.5 Å². The van der Waals surface area contributed by atoms with Crippen molar-refractivity contribution in [2.45, 2.75) is 26.3 Å². The van der Waals surface area contributed by atoms with Gasteiger partial charge in [-0.05, 0) is 31.0 Å². The molecule has 0 fully saturated rings. The highest BCUT2D eigenvalue weighted by Crippen LogP contribution is 2.29. The van der Waals surface area contributed by atoms with Crippen molar-refractivity contribution in [3.8, 4) is 0 Å². The highest BCUT2D eigenvalue weighted by Gasteiger charge is 2.26. The first-order chi connectivity index (χ1) is 10.2. The number of hydrogen-bond acceptors (Lipinski definition) is 4. The zero-order valence-corrected chi connectivity index (χ0v) is 12.2. The third-order valence-corrected chi connectivity index (χ3v) is 4.12. The van der Waals surface area contributed by atoms with Gasteiger partial charge < -0.3 is 5.32 Å². The summed E-state index contributed by atoms with van der Waals surface area (Å²) in [4.78, 5) is 4.48. The summed E-state index contributed by atoms with van der Waals surface area (Å²) in [6.07, 6.45) is 0. The number of rotatable bonds is 1. The first kappa shape index (κ1) is 12.5. The number of hydrogen-bond donors (Lipinski definition) is 1. The molecule has 5 heteroatoms. The minimum atomic E-state index is 0.216. The maximum absolute atomic E-state index is 4.48. The Bertz CT molecular complexity index is 821. The third kappa shape index (κ3) is 1.93. The number of nitrogens with zero attached hydrogens (tertiary/aromatic N) is 4. The molecule has 21 heavy (non-hydrogen) atoms. The largest absolute Gasteiger partial charge is 0.312 e. The number of aryl methyl sites for hydroxylation is 2. The lowest BCUT2D eigenvalue weighted by atomic mass is 9.90. The van der Waals surface area contributed by atoms with Crippen LogP contribution in [0.3, 0.4) is 0 Å². The first-order valence-corrected chi connectivity index (χ1v) is 7.22. The first-order valence-electron chi connectivity index (χ1n) is 7.22. The van der Waals surface area contributed by atoms with Gasteiger partial charge in [0.05, 0.1) is 5.92 Å². The van der Waals surface area contributed by atoms with E-state index in [0.29, 0.717) is 5.78 Å². The van der Waals surface area contributed by atoms with Crippen molar-refractivity contribution < 1.29 is 0 Å². The number of benzene rings is 1. The zero-order chi connectivity index (χ0) is 14.4. The Balaban J connectivity index is 1.92. The quantitative estimate of drug-likeness (QED) is 0.740. The van der Waals surface area contributed by atoms with Crippen molar-refractivity contribution in [1.82, 2.24) is 24.9 Å². The lowest BCUT2D eigenvalue weighted by Crippen LogP contribution is -2.30. The van der Waals surface area contributed by atoms with E-state index in [0.717, 1.165) is 30.3 Å². The van der Waals surface area contributed by atoms with Gasteiger partial charge in [0.2, 0.25) is 0 Å². The molecule has 0 spiro atoms. The van der Waals surface area contributed by atoms with E-state index in [9.17, 15) is 0 Å². The summed E-state index contributed by atoms with van der Waals surface area (Å²) < 4.78 is 2.07. The minimum Gasteiger partial charge on any atom is -0.312 e. The molecule has 1 aliphatic heterocycles. The molecule has 0 saturated heterocycles. The average Bonchev–Trinajstić information content (AvgIpc) is 2.90. The van der Waals surface area contributed by atoms with Gasteiger partial charge in [0.15, 0.2) is 0 Å². The van der Waals surface area contributed by atoms with Crippen LogP contribution in [0.25, 0.3) is 5.78 Å². The van der Waals surface area contributed by atoms with Crippen molar-refractivity contribution in [2.75, 3.05) is 6.54 Å². The van der Waals surface area contributed by atoms with Gasteiger partial charge in [0.25, 0.3) is 5.78 Å². The second kappa shape index (κ2) is 4.63. The molecule has 1 aliphatic rings. The van der Waals surface area contributed by atoms with Crippen LogP contribution < -0.4 is 5.32 Å². The topological polar surface area (TPSA) is 55.1 Å². The van der Waals surface area contributed by atoms with E-state index in [4.69, 9.17) is 0 Å². The molecule has 4 rings (SSSR count). The van der Waals surface area contributed by atoms with E-state index in [-0.39, 0.29) is 5.92 Å². The lowest BCUT2D eigenvalue weighted by molar-refractivity contribution is 0.567. The molecule has 1 aromatic carbocycles. The highest BCUT2D eigenvalue weighted by molar-refractivity contribution is 5.40. The smallest absolute Gasteiger partial charge is 0.255 e. The van der Waals surface area contributed by atoms with E-state index in [2.05, 4.69) is 62.2 Å². The second-order valence-corrected chi connectivity index (χ2v) is 5.61. The van der Waals surface area contributed by atoms with Crippen LogP contribution in [0, 0.1) is 13.8 Å². The predicted molar refractivity (Wildman–Crippen MR) is 80.2 cm³/mol. The summed E-state index contributed by atoms with van der Waals surface area (Å²) in [5.74, 6) is 1.87. The van der Waals surface area contributed by atoms with Crippen LogP contribution in [0.2, 0.25) is 0 Å². The van der Waals surface area contributed by atoms with Gasteiger partial charge in [0.1, 0.15) is 5.82 Å². The summed E-state index contributed by atoms with van der Waals surface area (Å²) in [5.41, 5.74) is 4.77. The summed E-state index contributed by atoms with van der Waals surface area (Å²) in [6.45, 7) is 5.86. The Hall–Kier alpha value is -2.27. The Morgan fingerprint density at radius 2 is 2.05 bits per heavy atom. The van der Waals surface area contributed by atoms with E-state index in [1.807, 2.05) is 6.92 Å². The molecule has 3 aromatic rings. The molecule has 0 aliphatic carbocycles. The molecule has 3 heterocycles. The van der Waals surface area contributed by atoms with Gasteiger partial charge in [-0.3, -0.25) is 4.40 Å². The lowest BCUT2D eigenvalue weighted by Gasteiger charge is -2.25. The molecule has 0 radical (unpaired) electrons. The van der Waals surface area contributed by atoms with Crippen LogP contribution >= 0.6 is 0 Å². The van der Waals surface area contributed by atoms with Crippen LogP contribution in [0.5, 0.6) is 0 Å². The van der Waals surface area contributed by atoms with Crippen molar-refractivity contribution >= 4 is 5.78 Å². The van der Waals surface area contributed by atoms with Crippen molar-refractivity contribution in [1.29, 1.82) is 0 Å². The number of fused-ring (bicyclic) bond motifs is 2. The van der Waals surface area contributed by atoms with Gasteiger partial charge in [-0.25, -0.2) is 4.98 Å². The van der Waals surface area contributed by atoms with Crippen molar-refractivity contribution in [3.05, 3.63) is 58.7 Å². The molecular formula is C16H17N5. The Kier molecular flexibility index (Phi) is 2.75. The molecule has 1 N–H and O–H groups in total. The fourth-order valence-corrected chi connectivity index (χ4v) is 3.21. The molecular weight excluding hydrogens is 262 g/mol. The fraction of sp³-hybridized carbons (Fsp3) is 0.312. The Labute approximate surface area is 123 Å². The zero-order valence-electron chi connectivity index (χ0n) is 12.2. The molecule has 0 amide bonds. The van der Waals surface area contributed by atoms with Gasteiger partial charge in [-0.2, -0.15) is 0 Å². The SMILES string of the molecule is Cc1cc(C)n2c(C3CNCc4ccccc43)nnc2n1. The maximum Gasteiger partial charge on any atom is 0.255 e. The monoisotopic (exact) mass is 279 g/mol. The molecule has 1 atom stereocenters. The maximum atomic E-state index is 4.48. The summed E-state index contributed by atoms with van der Waals surface area (Å²) in [5, 5.41) is 12.2. The van der Waals surface area contributed by atoms with Crippen LogP contribution in [0.15, 0.2) is 30.3 Å². The van der Waals surface area contributed by atoms with E-state index >= 15 is 0 Å². The van der Waals surface area contributed by atoms with Gasteiger partial charge in [-0.1, -0.05) is 24.3 Å². The molecule has 1 unspecified atom stereocenters. The summed E-state index contributed by atoms with van der Waals surface area (Å²) in [6, 6.07) is 10.6.